The van der Waals surface area contributed by atoms with E-state index in [1.807, 2.05) is 18.2 Å². The van der Waals surface area contributed by atoms with E-state index in [1.54, 1.807) is 18.9 Å². The van der Waals surface area contributed by atoms with E-state index >= 15 is 0 Å². The van der Waals surface area contributed by atoms with E-state index in [4.69, 9.17) is 4.74 Å². The molecule has 0 unspecified atom stereocenters. The lowest BCUT2D eigenvalue weighted by Gasteiger charge is -2.27. The van der Waals surface area contributed by atoms with Gasteiger partial charge in [-0.25, -0.2) is 4.98 Å². The monoisotopic (exact) mass is 369 g/mol. The standard InChI is InChI=1S/C21H27N3OS/c1-5-24(13-15(2)3)20-9-7-6-8-16(20)14-26-21-22-18-11-10-17(25-4)12-19(18)23-21/h6-12,15H,5,13-14H2,1-4H3,(H,22,23). The van der Waals surface area contributed by atoms with Gasteiger partial charge in [0.15, 0.2) is 5.16 Å². The van der Waals surface area contributed by atoms with Crippen LogP contribution in [0.1, 0.15) is 26.3 Å². The summed E-state index contributed by atoms with van der Waals surface area (Å²) in [6.45, 7) is 8.84. The van der Waals surface area contributed by atoms with Crippen LogP contribution in [0.5, 0.6) is 5.75 Å². The van der Waals surface area contributed by atoms with Crippen LogP contribution < -0.4 is 9.64 Å². The van der Waals surface area contributed by atoms with Gasteiger partial charge < -0.3 is 14.6 Å². The summed E-state index contributed by atoms with van der Waals surface area (Å²) in [6.07, 6.45) is 0. The average molecular weight is 370 g/mol. The fraction of sp³-hybridized carbons (Fsp3) is 0.381. The number of ether oxygens (including phenoxy) is 1. The summed E-state index contributed by atoms with van der Waals surface area (Å²) in [7, 11) is 1.68. The van der Waals surface area contributed by atoms with E-state index in [9.17, 15) is 0 Å². The van der Waals surface area contributed by atoms with E-state index in [0.717, 1.165) is 40.8 Å². The normalized spacial score (nSPS) is 11.3. The number of aromatic nitrogens is 2. The van der Waals surface area contributed by atoms with E-state index < -0.39 is 0 Å². The van der Waals surface area contributed by atoms with Crippen LogP contribution in [0.2, 0.25) is 0 Å². The molecule has 0 amide bonds. The Morgan fingerprint density at radius 1 is 1.19 bits per heavy atom. The van der Waals surface area contributed by atoms with Crippen molar-refractivity contribution in [3.63, 3.8) is 0 Å². The molecule has 0 atom stereocenters. The predicted octanol–water partition coefficient (Wildman–Crippen LogP) is 5.35. The van der Waals surface area contributed by atoms with Crippen molar-refractivity contribution in [2.24, 2.45) is 5.92 Å². The van der Waals surface area contributed by atoms with Crippen LogP contribution in [0.25, 0.3) is 11.0 Å². The molecule has 0 aliphatic heterocycles. The SMILES string of the molecule is CCN(CC(C)C)c1ccccc1CSc1nc2ccc(OC)cc2[nH]1. The van der Waals surface area contributed by atoms with Gasteiger partial charge in [0.25, 0.3) is 0 Å². The number of benzene rings is 2. The van der Waals surface area contributed by atoms with Crippen molar-refractivity contribution in [1.29, 1.82) is 0 Å². The summed E-state index contributed by atoms with van der Waals surface area (Å²) in [5, 5.41) is 0.940. The summed E-state index contributed by atoms with van der Waals surface area (Å²) in [6, 6.07) is 14.6. The molecule has 0 saturated carbocycles. The van der Waals surface area contributed by atoms with Gasteiger partial charge in [0.1, 0.15) is 5.75 Å². The number of methoxy groups -OCH3 is 1. The van der Waals surface area contributed by atoms with Crippen LogP contribution in [0.3, 0.4) is 0 Å². The number of hydrogen-bond acceptors (Lipinski definition) is 4. The Kier molecular flexibility index (Phi) is 6.09. The van der Waals surface area contributed by atoms with Crippen molar-refractivity contribution in [2.75, 3.05) is 25.1 Å². The van der Waals surface area contributed by atoms with Crippen molar-refractivity contribution in [1.82, 2.24) is 9.97 Å². The number of para-hydroxylation sites is 1. The second kappa shape index (κ2) is 8.49. The van der Waals surface area contributed by atoms with E-state index in [-0.39, 0.29) is 0 Å². The molecule has 0 bridgehead atoms. The average Bonchev–Trinajstić information content (AvgIpc) is 3.06. The van der Waals surface area contributed by atoms with Crippen LogP contribution in [0.15, 0.2) is 47.6 Å². The fourth-order valence-corrected chi connectivity index (χ4v) is 3.97. The van der Waals surface area contributed by atoms with Crippen molar-refractivity contribution >= 4 is 28.5 Å². The van der Waals surface area contributed by atoms with Gasteiger partial charge >= 0.3 is 0 Å². The number of thioether (sulfide) groups is 1. The Hall–Kier alpha value is -2.14. The first kappa shape index (κ1) is 18.6. The Balaban J connectivity index is 1.77. The predicted molar refractivity (Wildman–Crippen MR) is 111 cm³/mol. The largest absolute Gasteiger partial charge is 0.497 e. The lowest BCUT2D eigenvalue weighted by Crippen LogP contribution is -2.28. The van der Waals surface area contributed by atoms with Gasteiger partial charge in [-0.15, -0.1) is 0 Å². The number of H-pyrrole nitrogens is 1. The molecule has 0 fully saturated rings. The van der Waals surface area contributed by atoms with E-state index in [0.29, 0.717) is 5.92 Å². The second-order valence-corrected chi connectivity index (χ2v) is 7.74. The lowest BCUT2D eigenvalue weighted by atomic mass is 10.1. The third-order valence-corrected chi connectivity index (χ3v) is 5.25. The van der Waals surface area contributed by atoms with Gasteiger partial charge in [-0.1, -0.05) is 43.8 Å². The molecule has 1 N–H and O–H groups in total. The summed E-state index contributed by atoms with van der Waals surface area (Å²) >= 11 is 1.74. The van der Waals surface area contributed by atoms with Gasteiger partial charge in [-0.3, -0.25) is 0 Å². The molecular weight excluding hydrogens is 342 g/mol. The molecule has 0 aliphatic rings. The maximum absolute atomic E-state index is 5.29. The Labute approximate surface area is 160 Å². The number of anilines is 1. The minimum absolute atomic E-state index is 0.640. The molecule has 0 aliphatic carbocycles. The van der Waals surface area contributed by atoms with Crippen LogP contribution in [0, 0.1) is 5.92 Å². The van der Waals surface area contributed by atoms with Crippen LogP contribution in [-0.2, 0) is 5.75 Å². The van der Waals surface area contributed by atoms with Crippen molar-refractivity contribution in [3.05, 3.63) is 48.0 Å². The van der Waals surface area contributed by atoms with Gasteiger partial charge in [-0.2, -0.15) is 0 Å². The zero-order valence-corrected chi connectivity index (χ0v) is 16.8. The number of imidazole rings is 1. The highest BCUT2D eigenvalue weighted by molar-refractivity contribution is 7.98. The topological polar surface area (TPSA) is 41.2 Å². The number of rotatable bonds is 8. The molecule has 0 saturated heterocycles. The number of hydrogen-bond donors (Lipinski definition) is 1. The first-order chi connectivity index (χ1) is 12.6. The van der Waals surface area contributed by atoms with Crippen molar-refractivity contribution in [2.45, 2.75) is 31.7 Å². The molecule has 4 nitrogen and oxygen atoms in total. The molecule has 0 spiro atoms. The second-order valence-electron chi connectivity index (χ2n) is 6.77. The van der Waals surface area contributed by atoms with Gasteiger partial charge in [0.05, 0.1) is 18.1 Å². The van der Waals surface area contributed by atoms with Gasteiger partial charge in [0.2, 0.25) is 0 Å². The number of fused-ring (bicyclic) bond motifs is 1. The maximum Gasteiger partial charge on any atom is 0.166 e. The highest BCUT2D eigenvalue weighted by Crippen LogP contribution is 2.29. The number of aromatic amines is 1. The summed E-state index contributed by atoms with van der Waals surface area (Å²) < 4.78 is 5.29. The molecular formula is C21H27N3OS. The minimum Gasteiger partial charge on any atom is -0.497 e. The maximum atomic E-state index is 5.29. The smallest absolute Gasteiger partial charge is 0.166 e. The molecule has 1 aromatic heterocycles. The first-order valence-corrected chi connectivity index (χ1v) is 10.1. The van der Waals surface area contributed by atoms with Crippen LogP contribution in [0.4, 0.5) is 5.69 Å². The minimum atomic E-state index is 0.640. The summed E-state index contributed by atoms with van der Waals surface area (Å²) in [5.41, 5.74) is 4.65. The third kappa shape index (κ3) is 4.33. The van der Waals surface area contributed by atoms with E-state index in [1.165, 1.54) is 11.3 Å². The molecule has 2 aromatic carbocycles. The lowest BCUT2D eigenvalue weighted by molar-refractivity contribution is 0.415. The first-order valence-electron chi connectivity index (χ1n) is 9.10. The molecule has 26 heavy (non-hydrogen) atoms. The Morgan fingerprint density at radius 2 is 2.00 bits per heavy atom. The van der Waals surface area contributed by atoms with Crippen LogP contribution >= 0.6 is 11.8 Å². The molecule has 1 heterocycles. The van der Waals surface area contributed by atoms with Gasteiger partial charge in [0, 0.05) is 30.6 Å². The highest BCUT2D eigenvalue weighted by Gasteiger charge is 2.12. The van der Waals surface area contributed by atoms with Crippen molar-refractivity contribution < 1.29 is 4.74 Å². The zero-order valence-electron chi connectivity index (χ0n) is 16.0. The van der Waals surface area contributed by atoms with Gasteiger partial charge in [-0.05, 0) is 36.6 Å². The van der Waals surface area contributed by atoms with Crippen LogP contribution in [-0.4, -0.2) is 30.2 Å². The zero-order chi connectivity index (χ0) is 18.5. The summed E-state index contributed by atoms with van der Waals surface area (Å²) in [4.78, 5) is 10.5. The van der Waals surface area contributed by atoms with Crippen molar-refractivity contribution in [3.8, 4) is 5.75 Å². The number of nitrogens with one attached hydrogen (secondary N) is 1. The Morgan fingerprint density at radius 3 is 2.73 bits per heavy atom. The molecule has 3 rings (SSSR count). The quantitative estimate of drug-likeness (QED) is 0.544. The number of nitrogens with zero attached hydrogens (tertiary/aromatic N) is 2. The molecule has 5 heteroatoms. The molecule has 3 aromatic rings. The molecule has 0 radical (unpaired) electrons. The third-order valence-electron chi connectivity index (χ3n) is 4.33. The Bertz CT molecular complexity index is 859. The fourth-order valence-electron chi connectivity index (χ4n) is 3.09. The van der Waals surface area contributed by atoms with E-state index in [2.05, 4.69) is 59.9 Å². The highest BCUT2D eigenvalue weighted by atomic mass is 32.2. The summed E-state index contributed by atoms with van der Waals surface area (Å²) in [5.74, 6) is 2.37. The molecule has 138 valence electrons.